The van der Waals surface area contributed by atoms with Gasteiger partial charge < -0.3 is 10.5 Å². The minimum absolute atomic E-state index is 0.0695. The molecule has 2 N–H and O–H groups in total. The van der Waals surface area contributed by atoms with Gasteiger partial charge in [-0.1, -0.05) is 56.0 Å². The van der Waals surface area contributed by atoms with Crippen LogP contribution in [-0.4, -0.2) is 19.1 Å². The zero-order valence-corrected chi connectivity index (χ0v) is 12.9. The molecule has 0 aliphatic heterocycles. The normalized spacial score (nSPS) is 18.0. The molecule has 1 aliphatic carbocycles. The van der Waals surface area contributed by atoms with Gasteiger partial charge >= 0.3 is 5.97 Å². The SMILES string of the molecule is NCC1(C(=O)OCCCc2ccccc2)CCCCCC1. The molecule has 0 saturated heterocycles. The molecule has 3 heteroatoms. The minimum atomic E-state index is -0.413. The summed E-state index contributed by atoms with van der Waals surface area (Å²) in [4.78, 5) is 12.4. The van der Waals surface area contributed by atoms with Crippen molar-refractivity contribution in [1.29, 1.82) is 0 Å². The zero-order chi connectivity index (χ0) is 15.0. The molecular weight excluding hydrogens is 262 g/mol. The fraction of sp³-hybridized carbons (Fsp3) is 0.611. The lowest BCUT2D eigenvalue weighted by molar-refractivity contribution is -0.156. The van der Waals surface area contributed by atoms with Crippen LogP contribution in [0.4, 0.5) is 0 Å². The van der Waals surface area contributed by atoms with Gasteiger partial charge in [-0.15, -0.1) is 0 Å². The van der Waals surface area contributed by atoms with E-state index in [1.165, 1.54) is 18.4 Å². The van der Waals surface area contributed by atoms with Gasteiger partial charge in [0, 0.05) is 6.54 Å². The molecule has 3 nitrogen and oxygen atoms in total. The highest BCUT2D eigenvalue weighted by atomic mass is 16.5. The third-order valence-electron chi connectivity index (χ3n) is 4.57. The number of rotatable bonds is 6. The van der Waals surface area contributed by atoms with Gasteiger partial charge in [-0.25, -0.2) is 0 Å². The second-order valence-electron chi connectivity index (χ2n) is 6.12. The van der Waals surface area contributed by atoms with Crippen LogP contribution >= 0.6 is 0 Å². The van der Waals surface area contributed by atoms with E-state index >= 15 is 0 Å². The van der Waals surface area contributed by atoms with E-state index in [4.69, 9.17) is 10.5 Å². The first kappa shape index (κ1) is 16.0. The topological polar surface area (TPSA) is 52.3 Å². The number of aryl methyl sites for hydroxylation is 1. The van der Waals surface area contributed by atoms with Gasteiger partial charge in [-0.2, -0.15) is 0 Å². The van der Waals surface area contributed by atoms with Crippen molar-refractivity contribution in [3.63, 3.8) is 0 Å². The molecule has 1 aliphatic rings. The molecule has 0 bridgehead atoms. The molecule has 1 aromatic carbocycles. The first-order valence-electron chi connectivity index (χ1n) is 8.18. The van der Waals surface area contributed by atoms with Gasteiger partial charge in [0.1, 0.15) is 0 Å². The van der Waals surface area contributed by atoms with Crippen LogP contribution in [0.3, 0.4) is 0 Å². The van der Waals surface area contributed by atoms with Crippen molar-refractivity contribution >= 4 is 5.97 Å². The van der Waals surface area contributed by atoms with Gasteiger partial charge in [-0.3, -0.25) is 4.79 Å². The minimum Gasteiger partial charge on any atom is -0.465 e. The molecule has 0 heterocycles. The van der Waals surface area contributed by atoms with E-state index in [0.29, 0.717) is 13.2 Å². The summed E-state index contributed by atoms with van der Waals surface area (Å²) in [6.45, 7) is 0.917. The predicted octanol–water partition coefficient (Wildman–Crippen LogP) is 3.46. The maximum Gasteiger partial charge on any atom is 0.313 e. The Labute approximate surface area is 127 Å². The van der Waals surface area contributed by atoms with Crippen molar-refractivity contribution in [2.45, 2.75) is 51.4 Å². The number of hydrogen-bond acceptors (Lipinski definition) is 3. The summed E-state index contributed by atoms with van der Waals surface area (Å²) >= 11 is 0. The summed E-state index contributed by atoms with van der Waals surface area (Å²) in [6, 6.07) is 10.3. The van der Waals surface area contributed by atoms with Crippen LogP contribution in [0.2, 0.25) is 0 Å². The van der Waals surface area contributed by atoms with Gasteiger partial charge in [0.25, 0.3) is 0 Å². The first-order valence-corrected chi connectivity index (χ1v) is 8.18. The van der Waals surface area contributed by atoms with Gasteiger partial charge in [0.15, 0.2) is 0 Å². The maximum absolute atomic E-state index is 12.4. The lowest BCUT2D eigenvalue weighted by Crippen LogP contribution is -2.39. The quantitative estimate of drug-likeness (QED) is 0.495. The van der Waals surface area contributed by atoms with E-state index in [9.17, 15) is 4.79 Å². The van der Waals surface area contributed by atoms with Crippen molar-refractivity contribution in [1.82, 2.24) is 0 Å². The van der Waals surface area contributed by atoms with E-state index in [0.717, 1.165) is 38.5 Å². The molecule has 1 aromatic rings. The number of benzene rings is 1. The Bertz CT molecular complexity index is 422. The monoisotopic (exact) mass is 289 g/mol. The Morgan fingerprint density at radius 1 is 1.10 bits per heavy atom. The third kappa shape index (κ3) is 4.57. The molecule has 0 radical (unpaired) electrons. The zero-order valence-electron chi connectivity index (χ0n) is 12.9. The van der Waals surface area contributed by atoms with Crippen LogP contribution in [0.5, 0.6) is 0 Å². The van der Waals surface area contributed by atoms with E-state index in [-0.39, 0.29) is 5.97 Å². The number of hydrogen-bond donors (Lipinski definition) is 1. The van der Waals surface area contributed by atoms with Crippen LogP contribution < -0.4 is 5.73 Å². The summed E-state index contributed by atoms with van der Waals surface area (Å²) in [7, 11) is 0. The Morgan fingerprint density at radius 2 is 1.76 bits per heavy atom. The van der Waals surface area contributed by atoms with Crippen LogP contribution in [0.1, 0.15) is 50.5 Å². The highest BCUT2D eigenvalue weighted by Gasteiger charge is 2.38. The summed E-state index contributed by atoms with van der Waals surface area (Å²) in [5, 5.41) is 0. The second kappa shape index (κ2) is 8.18. The van der Waals surface area contributed by atoms with E-state index in [2.05, 4.69) is 12.1 Å². The standard InChI is InChI=1S/C18H27NO2/c19-15-18(12-6-1-2-7-13-18)17(20)21-14-8-11-16-9-4-3-5-10-16/h3-5,9-10H,1-2,6-8,11-15,19H2. The number of esters is 1. The smallest absolute Gasteiger partial charge is 0.313 e. The molecule has 2 rings (SSSR count). The van der Waals surface area contributed by atoms with E-state index in [1.807, 2.05) is 18.2 Å². The summed E-state index contributed by atoms with van der Waals surface area (Å²) in [5.41, 5.74) is 6.78. The number of ether oxygens (including phenoxy) is 1. The van der Waals surface area contributed by atoms with Gasteiger partial charge in [-0.05, 0) is 31.2 Å². The number of carbonyl (C=O) groups excluding carboxylic acids is 1. The average molecular weight is 289 g/mol. The number of carbonyl (C=O) groups is 1. The highest BCUT2D eigenvalue weighted by molar-refractivity contribution is 5.77. The fourth-order valence-electron chi connectivity index (χ4n) is 3.14. The van der Waals surface area contributed by atoms with Crippen LogP contribution in [0.25, 0.3) is 0 Å². The summed E-state index contributed by atoms with van der Waals surface area (Å²) < 4.78 is 5.53. The predicted molar refractivity (Wildman–Crippen MR) is 84.9 cm³/mol. The summed E-state index contributed by atoms with van der Waals surface area (Å²) in [5.74, 6) is -0.0695. The first-order chi connectivity index (χ1) is 10.3. The van der Waals surface area contributed by atoms with Crippen molar-refractivity contribution in [2.24, 2.45) is 11.1 Å². The van der Waals surface area contributed by atoms with Gasteiger partial charge in [0.2, 0.25) is 0 Å². The molecule has 0 aromatic heterocycles. The highest BCUT2D eigenvalue weighted by Crippen LogP contribution is 2.35. The van der Waals surface area contributed by atoms with Crippen molar-refractivity contribution < 1.29 is 9.53 Å². The Kier molecular flexibility index (Phi) is 6.24. The molecule has 1 saturated carbocycles. The van der Waals surface area contributed by atoms with Crippen molar-refractivity contribution in [3.8, 4) is 0 Å². The van der Waals surface area contributed by atoms with Crippen LogP contribution in [0, 0.1) is 5.41 Å². The molecule has 116 valence electrons. The average Bonchev–Trinajstić information content (AvgIpc) is 2.79. The molecule has 21 heavy (non-hydrogen) atoms. The van der Waals surface area contributed by atoms with E-state index < -0.39 is 5.41 Å². The largest absolute Gasteiger partial charge is 0.465 e. The van der Waals surface area contributed by atoms with Crippen molar-refractivity contribution in [2.75, 3.05) is 13.2 Å². The molecule has 0 spiro atoms. The molecule has 1 fully saturated rings. The van der Waals surface area contributed by atoms with Crippen LogP contribution in [-0.2, 0) is 16.0 Å². The fourth-order valence-corrected chi connectivity index (χ4v) is 3.14. The van der Waals surface area contributed by atoms with Crippen molar-refractivity contribution in [3.05, 3.63) is 35.9 Å². The molecule has 0 amide bonds. The van der Waals surface area contributed by atoms with E-state index in [1.54, 1.807) is 0 Å². The Balaban J connectivity index is 1.77. The molecule has 0 unspecified atom stereocenters. The summed E-state index contributed by atoms with van der Waals surface area (Å²) in [6.07, 6.45) is 8.21. The van der Waals surface area contributed by atoms with Gasteiger partial charge in [0.05, 0.1) is 12.0 Å². The maximum atomic E-state index is 12.4. The second-order valence-corrected chi connectivity index (χ2v) is 6.12. The molecule has 0 atom stereocenters. The molecular formula is C18H27NO2. The van der Waals surface area contributed by atoms with Crippen LogP contribution in [0.15, 0.2) is 30.3 Å². The Morgan fingerprint density at radius 3 is 2.38 bits per heavy atom. The Hall–Kier alpha value is -1.35. The number of nitrogens with two attached hydrogens (primary N) is 1. The lowest BCUT2D eigenvalue weighted by atomic mass is 9.80. The third-order valence-corrected chi connectivity index (χ3v) is 4.57. The lowest BCUT2D eigenvalue weighted by Gasteiger charge is -2.28.